The van der Waals surface area contributed by atoms with Crippen molar-refractivity contribution in [2.24, 2.45) is 0 Å². The Kier molecular flexibility index (Phi) is 6.55. The molecule has 4 nitrogen and oxygen atoms in total. The van der Waals surface area contributed by atoms with Gasteiger partial charge in [-0.25, -0.2) is 9.97 Å². The number of fused-ring (bicyclic) bond motifs is 3. The fourth-order valence-corrected chi connectivity index (χ4v) is 4.77. The van der Waals surface area contributed by atoms with Gasteiger partial charge in [0.1, 0.15) is 0 Å². The molecule has 0 aliphatic heterocycles. The Balaban J connectivity index is 1.42. The zero-order valence-corrected chi connectivity index (χ0v) is 20.7. The van der Waals surface area contributed by atoms with Gasteiger partial charge in [-0.3, -0.25) is 0 Å². The van der Waals surface area contributed by atoms with Crippen LogP contribution < -0.4 is 5.32 Å². The highest BCUT2D eigenvalue weighted by atomic mass is 35.5. The van der Waals surface area contributed by atoms with Crippen molar-refractivity contribution in [3.8, 4) is 11.3 Å². The molecule has 0 spiro atoms. The van der Waals surface area contributed by atoms with Gasteiger partial charge in [0.2, 0.25) is 5.95 Å². The molecule has 34 heavy (non-hydrogen) atoms. The number of anilines is 2. The van der Waals surface area contributed by atoms with Crippen molar-refractivity contribution in [2.45, 2.75) is 18.8 Å². The van der Waals surface area contributed by atoms with Gasteiger partial charge in [0.25, 0.3) is 0 Å². The van der Waals surface area contributed by atoms with E-state index < -0.39 is 0 Å². The van der Waals surface area contributed by atoms with Crippen LogP contribution in [0.4, 0.5) is 11.6 Å². The van der Waals surface area contributed by atoms with E-state index in [-0.39, 0.29) is 5.92 Å². The van der Waals surface area contributed by atoms with Crippen LogP contribution in [0.25, 0.3) is 11.3 Å². The predicted molar refractivity (Wildman–Crippen MR) is 141 cm³/mol. The first kappa shape index (κ1) is 22.9. The summed E-state index contributed by atoms with van der Waals surface area (Å²) in [4.78, 5) is 11.7. The van der Waals surface area contributed by atoms with Gasteiger partial charge >= 0.3 is 0 Å². The zero-order chi connectivity index (χ0) is 23.7. The van der Waals surface area contributed by atoms with Gasteiger partial charge in [-0.15, -0.1) is 0 Å². The van der Waals surface area contributed by atoms with E-state index in [1.54, 1.807) is 0 Å². The highest BCUT2D eigenvalue weighted by Crippen LogP contribution is 2.42. The fourth-order valence-electron chi connectivity index (χ4n) is 4.46. The van der Waals surface area contributed by atoms with E-state index in [4.69, 9.17) is 28.2 Å². The summed E-state index contributed by atoms with van der Waals surface area (Å²) in [7, 11) is 4.18. The van der Waals surface area contributed by atoms with Crippen molar-refractivity contribution in [1.82, 2.24) is 14.9 Å². The zero-order valence-electron chi connectivity index (χ0n) is 19.2. The van der Waals surface area contributed by atoms with Gasteiger partial charge in [-0.05, 0) is 73.5 Å². The van der Waals surface area contributed by atoms with Crippen molar-refractivity contribution in [1.29, 1.82) is 0 Å². The summed E-state index contributed by atoms with van der Waals surface area (Å²) in [5.74, 6) is 0.776. The molecule has 0 fully saturated rings. The van der Waals surface area contributed by atoms with Crippen LogP contribution in [0.2, 0.25) is 10.0 Å². The Labute approximate surface area is 210 Å². The SMILES string of the molecule is CN(C)CCc1ccc(Nc2ncc3c(n2)-c2ccccc2C(c2ccc(Cl)c(Cl)c2)C3)cc1. The highest BCUT2D eigenvalue weighted by molar-refractivity contribution is 6.42. The normalized spacial score (nSPS) is 14.6. The topological polar surface area (TPSA) is 41.0 Å². The molecule has 172 valence electrons. The van der Waals surface area contributed by atoms with Crippen LogP contribution >= 0.6 is 23.2 Å². The summed E-state index contributed by atoms with van der Waals surface area (Å²) in [6.45, 7) is 1.03. The third kappa shape index (κ3) is 4.80. The van der Waals surface area contributed by atoms with Crippen LogP contribution in [0.3, 0.4) is 0 Å². The van der Waals surface area contributed by atoms with E-state index in [0.29, 0.717) is 16.0 Å². The van der Waals surface area contributed by atoms with Crippen LogP contribution in [0.15, 0.2) is 72.9 Å². The molecule has 0 radical (unpaired) electrons. The van der Waals surface area contributed by atoms with Crippen LogP contribution in [-0.2, 0) is 12.8 Å². The Morgan fingerprint density at radius 1 is 0.971 bits per heavy atom. The second-order valence-corrected chi connectivity index (χ2v) is 9.77. The number of benzene rings is 3. The smallest absolute Gasteiger partial charge is 0.227 e. The molecule has 1 unspecified atom stereocenters. The van der Waals surface area contributed by atoms with E-state index >= 15 is 0 Å². The molecule has 1 aromatic heterocycles. The molecule has 6 heteroatoms. The summed E-state index contributed by atoms with van der Waals surface area (Å²) in [6.07, 6.45) is 3.78. The number of nitrogens with zero attached hydrogens (tertiary/aromatic N) is 3. The van der Waals surface area contributed by atoms with Gasteiger partial charge < -0.3 is 10.2 Å². The summed E-state index contributed by atoms with van der Waals surface area (Å²) in [5, 5.41) is 4.51. The fraction of sp³-hybridized carbons (Fsp3) is 0.214. The minimum Gasteiger partial charge on any atom is -0.324 e. The van der Waals surface area contributed by atoms with Crippen LogP contribution in [0, 0.1) is 0 Å². The molecule has 0 saturated heterocycles. The van der Waals surface area contributed by atoms with Gasteiger partial charge in [0.15, 0.2) is 0 Å². The predicted octanol–water partition coefficient (Wildman–Crippen LogP) is 6.99. The van der Waals surface area contributed by atoms with Crippen molar-refractivity contribution >= 4 is 34.8 Å². The summed E-state index contributed by atoms with van der Waals surface area (Å²) >= 11 is 12.5. The average Bonchev–Trinajstić information content (AvgIpc) is 2.85. The number of hydrogen-bond acceptors (Lipinski definition) is 4. The summed E-state index contributed by atoms with van der Waals surface area (Å²) < 4.78 is 0. The minimum atomic E-state index is 0.176. The molecule has 0 bridgehead atoms. The molecule has 4 aromatic rings. The Morgan fingerprint density at radius 2 is 1.76 bits per heavy atom. The van der Waals surface area contributed by atoms with Crippen LogP contribution in [0.5, 0.6) is 0 Å². The molecular weight excluding hydrogens is 463 g/mol. The van der Waals surface area contributed by atoms with Gasteiger partial charge in [-0.1, -0.05) is 65.7 Å². The van der Waals surface area contributed by atoms with E-state index in [9.17, 15) is 0 Å². The number of halogens is 2. The van der Waals surface area contributed by atoms with E-state index in [2.05, 4.69) is 83.9 Å². The third-order valence-electron chi connectivity index (χ3n) is 6.28. The molecular formula is C28H26Cl2N4. The Hall–Kier alpha value is -2.92. The highest BCUT2D eigenvalue weighted by Gasteiger charge is 2.27. The second-order valence-electron chi connectivity index (χ2n) is 8.96. The lowest BCUT2D eigenvalue weighted by atomic mass is 9.78. The maximum absolute atomic E-state index is 6.33. The maximum atomic E-state index is 6.33. The number of aromatic nitrogens is 2. The van der Waals surface area contributed by atoms with Gasteiger partial charge in [-0.2, -0.15) is 0 Å². The van der Waals surface area contributed by atoms with Crippen LogP contribution in [-0.4, -0.2) is 35.5 Å². The standard InChI is InChI=1S/C28H26Cl2N4/c1-34(2)14-13-18-7-10-21(11-8-18)32-28-31-17-20-15-24(19-9-12-25(29)26(30)16-19)22-5-3-4-6-23(22)27(20)33-28/h3-12,16-17,24H,13-15H2,1-2H3,(H,31,32,33). The summed E-state index contributed by atoms with van der Waals surface area (Å²) in [5.41, 5.74) is 7.90. The molecule has 1 N–H and O–H groups in total. The largest absolute Gasteiger partial charge is 0.324 e. The first-order valence-electron chi connectivity index (χ1n) is 11.4. The molecule has 1 heterocycles. The third-order valence-corrected chi connectivity index (χ3v) is 7.02. The van der Waals surface area contributed by atoms with Crippen molar-refractivity contribution < 1.29 is 0 Å². The van der Waals surface area contributed by atoms with Crippen molar-refractivity contribution in [2.75, 3.05) is 26.0 Å². The number of likely N-dealkylation sites (N-methyl/N-ethyl adjacent to an activating group) is 1. The summed E-state index contributed by atoms with van der Waals surface area (Å²) in [6, 6.07) is 22.8. The lowest BCUT2D eigenvalue weighted by Crippen LogP contribution is -2.15. The van der Waals surface area contributed by atoms with E-state index in [1.807, 2.05) is 18.3 Å². The number of rotatable bonds is 6. The average molecular weight is 489 g/mol. The Morgan fingerprint density at radius 3 is 2.53 bits per heavy atom. The quantitative estimate of drug-likeness (QED) is 0.317. The van der Waals surface area contributed by atoms with E-state index in [0.717, 1.165) is 47.5 Å². The molecule has 5 rings (SSSR count). The minimum absolute atomic E-state index is 0.176. The first-order chi connectivity index (χ1) is 16.5. The molecule has 0 saturated carbocycles. The molecule has 1 aliphatic carbocycles. The number of nitrogens with one attached hydrogen (secondary N) is 1. The molecule has 1 atom stereocenters. The van der Waals surface area contributed by atoms with Gasteiger partial charge in [0.05, 0.1) is 15.7 Å². The van der Waals surface area contributed by atoms with Gasteiger partial charge in [0, 0.05) is 29.9 Å². The van der Waals surface area contributed by atoms with Crippen LogP contribution in [0.1, 0.15) is 28.2 Å². The van der Waals surface area contributed by atoms with Crippen molar-refractivity contribution in [3.63, 3.8) is 0 Å². The second kappa shape index (κ2) is 9.75. The molecule has 0 amide bonds. The lowest BCUT2D eigenvalue weighted by molar-refractivity contribution is 0.413. The Bertz CT molecular complexity index is 1320. The first-order valence-corrected chi connectivity index (χ1v) is 12.1. The van der Waals surface area contributed by atoms with E-state index in [1.165, 1.54) is 11.1 Å². The number of hydrogen-bond donors (Lipinski definition) is 1. The molecule has 3 aromatic carbocycles. The lowest BCUT2D eigenvalue weighted by Gasteiger charge is -2.27. The maximum Gasteiger partial charge on any atom is 0.227 e. The van der Waals surface area contributed by atoms with Crippen molar-refractivity contribution in [3.05, 3.63) is 105 Å². The molecule has 1 aliphatic rings. The monoisotopic (exact) mass is 488 g/mol.